The van der Waals surface area contributed by atoms with Crippen LogP contribution in [0.25, 0.3) is 0 Å². The average Bonchev–Trinajstić information content (AvgIpc) is 2.97. The van der Waals surface area contributed by atoms with Crippen molar-refractivity contribution in [2.24, 2.45) is 0 Å². The van der Waals surface area contributed by atoms with Crippen molar-refractivity contribution in [3.8, 4) is 0 Å². The van der Waals surface area contributed by atoms with Crippen LogP contribution in [0.5, 0.6) is 0 Å². The average molecular weight is 303 g/mol. The van der Waals surface area contributed by atoms with Crippen LogP contribution in [0.4, 0.5) is 4.79 Å². The van der Waals surface area contributed by atoms with Crippen LogP contribution in [0.3, 0.4) is 0 Å². The van der Waals surface area contributed by atoms with Crippen LogP contribution in [0, 0.1) is 0 Å². The molecule has 4 nitrogen and oxygen atoms in total. The third-order valence-corrected chi connectivity index (χ3v) is 4.19. The standard InChI is InChI=1S/C18H25NO3/c1-2-3-5-10-16-11-12-17(13-20)19(16)18(21)22-14-15-8-6-4-7-9-15/h2,4,6-9,16-17,20H,1,3,5,10-14H2/t16-,17+/m1/s1. The van der Waals surface area contributed by atoms with Crippen LogP contribution in [0.1, 0.15) is 37.7 Å². The normalized spacial score (nSPS) is 20.9. The van der Waals surface area contributed by atoms with Gasteiger partial charge in [0.1, 0.15) is 6.61 Å². The van der Waals surface area contributed by atoms with Gasteiger partial charge < -0.3 is 9.84 Å². The van der Waals surface area contributed by atoms with E-state index < -0.39 is 0 Å². The summed E-state index contributed by atoms with van der Waals surface area (Å²) in [5.41, 5.74) is 0.971. The first-order chi connectivity index (χ1) is 10.8. The van der Waals surface area contributed by atoms with Crippen molar-refractivity contribution in [3.63, 3.8) is 0 Å². The van der Waals surface area contributed by atoms with Crippen LogP contribution >= 0.6 is 0 Å². The Kier molecular flexibility index (Phi) is 6.46. The topological polar surface area (TPSA) is 49.8 Å². The lowest BCUT2D eigenvalue weighted by Crippen LogP contribution is -2.43. The maximum atomic E-state index is 12.4. The summed E-state index contributed by atoms with van der Waals surface area (Å²) in [6, 6.07) is 9.70. The Balaban J connectivity index is 1.92. The van der Waals surface area contributed by atoms with Crippen molar-refractivity contribution < 1.29 is 14.6 Å². The number of rotatable bonds is 7. The predicted octanol–water partition coefficient (Wildman–Crippen LogP) is 3.50. The Labute approximate surface area is 132 Å². The van der Waals surface area contributed by atoms with Gasteiger partial charge in [-0.3, -0.25) is 4.90 Å². The van der Waals surface area contributed by atoms with Crippen molar-refractivity contribution >= 4 is 6.09 Å². The maximum Gasteiger partial charge on any atom is 0.410 e. The number of amides is 1. The molecule has 1 fully saturated rings. The van der Waals surface area contributed by atoms with Gasteiger partial charge >= 0.3 is 6.09 Å². The highest BCUT2D eigenvalue weighted by Gasteiger charge is 2.37. The molecule has 1 amide bonds. The number of hydrogen-bond acceptors (Lipinski definition) is 3. The molecule has 4 heteroatoms. The molecule has 1 N–H and O–H groups in total. The number of unbranched alkanes of at least 4 members (excludes halogenated alkanes) is 1. The van der Waals surface area contributed by atoms with Crippen molar-refractivity contribution in [2.75, 3.05) is 6.61 Å². The molecular formula is C18H25NO3. The fourth-order valence-corrected chi connectivity index (χ4v) is 3.01. The van der Waals surface area contributed by atoms with Gasteiger partial charge in [0.25, 0.3) is 0 Å². The molecule has 0 spiro atoms. The van der Waals surface area contributed by atoms with E-state index in [1.54, 1.807) is 4.90 Å². The molecule has 0 saturated carbocycles. The van der Waals surface area contributed by atoms with E-state index in [1.165, 1.54) is 0 Å². The highest BCUT2D eigenvalue weighted by molar-refractivity contribution is 5.69. The summed E-state index contributed by atoms with van der Waals surface area (Å²) in [5.74, 6) is 0. The fraction of sp³-hybridized carbons (Fsp3) is 0.500. The molecule has 1 aromatic carbocycles. The fourth-order valence-electron chi connectivity index (χ4n) is 3.01. The zero-order chi connectivity index (χ0) is 15.8. The summed E-state index contributed by atoms with van der Waals surface area (Å²) in [5, 5.41) is 9.49. The van der Waals surface area contributed by atoms with Crippen LogP contribution in [0.15, 0.2) is 43.0 Å². The minimum atomic E-state index is -0.316. The summed E-state index contributed by atoms with van der Waals surface area (Å²) in [7, 11) is 0. The first kappa shape index (κ1) is 16.6. The van der Waals surface area contributed by atoms with Gasteiger partial charge in [-0.2, -0.15) is 0 Å². The first-order valence-corrected chi connectivity index (χ1v) is 7.97. The van der Waals surface area contributed by atoms with E-state index in [2.05, 4.69) is 6.58 Å². The van der Waals surface area contributed by atoms with E-state index >= 15 is 0 Å². The van der Waals surface area contributed by atoms with E-state index in [0.717, 1.165) is 37.7 Å². The van der Waals surface area contributed by atoms with Gasteiger partial charge in [-0.15, -0.1) is 6.58 Å². The number of carbonyl (C=O) groups excluding carboxylic acids is 1. The van der Waals surface area contributed by atoms with Gasteiger partial charge in [0.05, 0.1) is 12.6 Å². The molecule has 0 aliphatic carbocycles. The van der Waals surface area contributed by atoms with Crippen LogP contribution in [-0.2, 0) is 11.3 Å². The summed E-state index contributed by atoms with van der Waals surface area (Å²) >= 11 is 0. The predicted molar refractivity (Wildman–Crippen MR) is 86.4 cm³/mol. The number of benzene rings is 1. The van der Waals surface area contributed by atoms with Crippen molar-refractivity contribution in [2.45, 2.75) is 50.8 Å². The SMILES string of the molecule is C=CCCC[C@@H]1CC[C@@H](CO)N1C(=O)OCc1ccccc1. The van der Waals surface area contributed by atoms with E-state index in [1.807, 2.05) is 36.4 Å². The number of aliphatic hydroxyl groups excluding tert-OH is 1. The second-order valence-electron chi connectivity index (χ2n) is 5.73. The zero-order valence-corrected chi connectivity index (χ0v) is 13.0. The van der Waals surface area contributed by atoms with Gasteiger partial charge in [0.15, 0.2) is 0 Å². The lowest BCUT2D eigenvalue weighted by Gasteiger charge is -2.28. The first-order valence-electron chi connectivity index (χ1n) is 7.97. The minimum Gasteiger partial charge on any atom is -0.445 e. The minimum absolute atomic E-state index is 0.00159. The van der Waals surface area contributed by atoms with Gasteiger partial charge in [0, 0.05) is 6.04 Å². The molecule has 1 aromatic rings. The number of ether oxygens (including phenoxy) is 1. The van der Waals surface area contributed by atoms with Crippen molar-refractivity contribution in [1.82, 2.24) is 4.90 Å². The molecule has 1 heterocycles. The molecule has 0 aromatic heterocycles. The van der Waals surface area contributed by atoms with E-state index in [0.29, 0.717) is 0 Å². The highest BCUT2D eigenvalue weighted by Crippen LogP contribution is 2.28. The van der Waals surface area contributed by atoms with E-state index in [4.69, 9.17) is 4.74 Å². The van der Waals surface area contributed by atoms with E-state index in [-0.39, 0.29) is 31.4 Å². The zero-order valence-electron chi connectivity index (χ0n) is 13.0. The summed E-state index contributed by atoms with van der Waals surface area (Å²) in [6.07, 6.45) is 6.25. The molecule has 2 rings (SSSR count). The summed E-state index contributed by atoms with van der Waals surface area (Å²) in [6.45, 7) is 4.00. The molecule has 120 valence electrons. The van der Waals surface area contributed by atoms with Gasteiger partial charge in [-0.1, -0.05) is 36.4 Å². The smallest absolute Gasteiger partial charge is 0.410 e. The van der Waals surface area contributed by atoms with Crippen molar-refractivity contribution in [3.05, 3.63) is 48.6 Å². The van der Waals surface area contributed by atoms with E-state index in [9.17, 15) is 9.90 Å². The molecule has 0 radical (unpaired) electrons. The van der Waals surface area contributed by atoms with Gasteiger partial charge in [0.2, 0.25) is 0 Å². The molecule has 22 heavy (non-hydrogen) atoms. The lowest BCUT2D eigenvalue weighted by molar-refractivity contribution is 0.0633. The maximum absolute atomic E-state index is 12.4. The number of allylic oxidation sites excluding steroid dienone is 1. The summed E-state index contributed by atoms with van der Waals surface area (Å²) in [4.78, 5) is 14.1. The second kappa shape index (κ2) is 8.59. The molecule has 0 bridgehead atoms. The van der Waals surface area contributed by atoms with Crippen molar-refractivity contribution in [1.29, 1.82) is 0 Å². The van der Waals surface area contributed by atoms with Gasteiger partial charge in [-0.25, -0.2) is 4.79 Å². The third-order valence-electron chi connectivity index (χ3n) is 4.19. The molecule has 1 aliphatic heterocycles. The Morgan fingerprint density at radius 2 is 2.05 bits per heavy atom. The highest BCUT2D eigenvalue weighted by atomic mass is 16.6. The molecule has 1 aliphatic rings. The Hall–Kier alpha value is -1.81. The number of hydrogen-bond donors (Lipinski definition) is 1. The van der Waals surface area contributed by atoms with Crippen LogP contribution in [0.2, 0.25) is 0 Å². The third kappa shape index (κ3) is 4.34. The molecule has 1 saturated heterocycles. The lowest BCUT2D eigenvalue weighted by atomic mass is 10.1. The number of aliphatic hydroxyl groups is 1. The largest absolute Gasteiger partial charge is 0.445 e. The van der Waals surface area contributed by atoms with Gasteiger partial charge in [-0.05, 0) is 37.7 Å². The molecular weight excluding hydrogens is 278 g/mol. The molecule has 0 unspecified atom stereocenters. The summed E-state index contributed by atoms with van der Waals surface area (Å²) < 4.78 is 5.44. The Bertz CT molecular complexity index is 474. The Morgan fingerprint density at radius 3 is 2.73 bits per heavy atom. The van der Waals surface area contributed by atoms with Crippen LogP contribution < -0.4 is 0 Å². The number of nitrogens with zero attached hydrogens (tertiary/aromatic N) is 1. The molecule has 2 atom stereocenters. The monoisotopic (exact) mass is 303 g/mol. The quantitative estimate of drug-likeness (QED) is 0.619. The second-order valence-corrected chi connectivity index (χ2v) is 5.73. The van der Waals surface area contributed by atoms with Crippen LogP contribution in [-0.4, -0.2) is 34.8 Å². The number of likely N-dealkylation sites (tertiary alicyclic amines) is 1. The number of carbonyl (C=O) groups is 1. The Morgan fingerprint density at radius 1 is 1.32 bits per heavy atom.